The van der Waals surface area contributed by atoms with E-state index in [-0.39, 0.29) is 11.7 Å². The minimum atomic E-state index is -0.0996. The molecule has 0 spiro atoms. The van der Waals surface area contributed by atoms with Gasteiger partial charge in [0.25, 0.3) is 0 Å². The predicted molar refractivity (Wildman–Crippen MR) is 135 cm³/mol. The highest BCUT2D eigenvalue weighted by Gasteiger charge is 2.19. The van der Waals surface area contributed by atoms with Crippen molar-refractivity contribution in [1.29, 1.82) is 0 Å². The molecule has 0 saturated carbocycles. The van der Waals surface area contributed by atoms with Crippen molar-refractivity contribution in [3.05, 3.63) is 65.4 Å². The fourth-order valence-electron chi connectivity index (χ4n) is 3.65. The maximum absolute atomic E-state index is 12.4. The third-order valence-corrected chi connectivity index (χ3v) is 6.88. The monoisotopic (exact) mass is 483 g/mol. The largest absolute Gasteiger partial charge is 0.497 e. The van der Waals surface area contributed by atoms with Crippen LogP contribution in [0.2, 0.25) is 5.02 Å². The number of hydrogen-bond acceptors (Lipinski definition) is 7. The van der Waals surface area contributed by atoms with Crippen LogP contribution in [0.1, 0.15) is 5.56 Å². The summed E-state index contributed by atoms with van der Waals surface area (Å²) in [6.07, 6.45) is 1.56. The van der Waals surface area contributed by atoms with Gasteiger partial charge in [0.2, 0.25) is 5.91 Å². The Morgan fingerprint density at radius 2 is 1.85 bits per heavy atom. The molecule has 0 aliphatic carbocycles. The number of nitrogens with zero attached hydrogens (tertiary/aromatic N) is 4. The summed E-state index contributed by atoms with van der Waals surface area (Å²) in [5.41, 5.74) is 2.74. The molecule has 2 heterocycles. The first-order valence-electron chi connectivity index (χ1n) is 10.7. The van der Waals surface area contributed by atoms with Crippen LogP contribution in [0.4, 0.5) is 17.2 Å². The van der Waals surface area contributed by atoms with Crippen LogP contribution in [0.3, 0.4) is 0 Å². The molecule has 1 aliphatic rings. The molecular weight excluding hydrogens is 458 g/mol. The van der Waals surface area contributed by atoms with Gasteiger partial charge >= 0.3 is 0 Å². The molecule has 1 N–H and O–H groups in total. The van der Waals surface area contributed by atoms with E-state index in [2.05, 4.69) is 37.2 Å². The van der Waals surface area contributed by atoms with Crippen molar-refractivity contribution in [1.82, 2.24) is 9.97 Å². The Morgan fingerprint density at radius 3 is 2.64 bits per heavy atom. The van der Waals surface area contributed by atoms with E-state index in [0.717, 1.165) is 59.7 Å². The lowest BCUT2D eigenvalue weighted by Crippen LogP contribution is -2.46. The van der Waals surface area contributed by atoms with Crippen LogP contribution in [0.5, 0.6) is 5.75 Å². The van der Waals surface area contributed by atoms with Crippen LogP contribution < -0.4 is 19.9 Å². The quantitative estimate of drug-likeness (QED) is 0.391. The topological polar surface area (TPSA) is 70.6 Å². The summed E-state index contributed by atoms with van der Waals surface area (Å²) in [5, 5.41) is 4.32. The van der Waals surface area contributed by atoms with Crippen LogP contribution in [0.15, 0.2) is 59.9 Å². The van der Waals surface area contributed by atoms with Crippen LogP contribution in [-0.4, -0.2) is 54.9 Å². The summed E-state index contributed by atoms with van der Waals surface area (Å²) in [6, 6.07) is 15.6. The van der Waals surface area contributed by atoms with E-state index >= 15 is 0 Å². The van der Waals surface area contributed by atoms with Gasteiger partial charge in [-0.05, 0) is 36.8 Å². The number of piperazine rings is 1. The maximum atomic E-state index is 12.4. The molecular formula is C24H26ClN5O2S. The summed E-state index contributed by atoms with van der Waals surface area (Å²) in [6.45, 7) is 5.37. The number of thioether (sulfide) groups is 1. The molecule has 1 aromatic heterocycles. The van der Waals surface area contributed by atoms with Crippen molar-refractivity contribution in [2.75, 3.05) is 54.2 Å². The fourth-order valence-corrected chi connectivity index (χ4v) is 4.49. The average molecular weight is 484 g/mol. The smallest absolute Gasteiger partial charge is 0.234 e. The molecule has 33 heavy (non-hydrogen) atoms. The molecule has 2 aromatic carbocycles. The van der Waals surface area contributed by atoms with Gasteiger partial charge < -0.3 is 19.9 Å². The number of anilines is 3. The molecule has 172 valence electrons. The molecule has 0 atom stereocenters. The van der Waals surface area contributed by atoms with E-state index in [1.54, 1.807) is 19.5 Å². The van der Waals surface area contributed by atoms with E-state index < -0.39 is 0 Å². The van der Waals surface area contributed by atoms with E-state index in [1.165, 1.54) is 11.8 Å². The van der Waals surface area contributed by atoms with Gasteiger partial charge in [0.1, 0.15) is 22.9 Å². The first kappa shape index (κ1) is 23.2. The Kier molecular flexibility index (Phi) is 7.57. The SMILES string of the molecule is COc1cccc(N2CCN(c3cc(SCC(=O)Nc4cccc(Cl)c4C)ncn3)CC2)c1. The second-order valence-electron chi connectivity index (χ2n) is 7.64. The van der Waals surface area contributed by atoms with E-state index in [9.17, 15) is 4.79 Å². The van der Waals surface area contributed by atoms with E-state index in [0.29, 0.717) is 5.02 Å². The van der Waals surface area contributed by atoms with Crippen molar-refractivity contribution in [2.45, 2.75) is 11.9 Å². The van der Waals surface area contributed by atoms with Gasteiger partial charge in [0, 0.05) is 54.7 Å². The number of methoxy groups -OCH3 is 1. The van der Waals surface area contributed by atoms with Crippen LogP contribution in [0.25, 0.3) is 0 Å². The predicted octanol–water partition coefficient (Wildman–Crippen LogP) is 4.50. The lowest BCUT2D eigenvalue weighted by molar-refractivity contribution is -0.113. The first-order valence-corrected chi connectivity index (χ1v) is 12.0. The summed E-state index contributed by atoms with van der Waals surface area (Å²) in [5.74, 6) is 1.90. The number of aromatic nitrogens is 2. The molecule has 1 fully saturated rings. The third-order valence-electron chi connectivity index (χ3n) is 5.54. The molecule has 0 radical (unpaired) electrons. The summed E-state index contributed by atoms with van der Waals surface area (Å²) >= 11 is 7.52. The average Bonchev–Trinajstić information content (AvgIpc) is 2.86. The molecule has 4 rings (SSSR count). The highest BCUT2D eigenvalue weighted by Crippen LogP contribution is 2.26. The molecule has 9 heteroatoms. The number of ether oxygens (including phenoxy) is 1. The van der Waals surface area contributed by atoms with Crippen molar-refractivity contribution in [3.8, 4) is 5.75 Å². The Hall–Kier alpha value is -2.97. The van der Waals surface area contributed by atoms with Gasteiger partial charge in [-0.3, -0.25) is 4.79 Å². The Labute approximate surface area is 203 Å². The Morgan fingerprint density at radius 1 is 1.09 bits per heavy atom. The zero-order valence-electron chi connectivity index (χ0n) is 18.6. The summed E-state index contributed by atoms with van der Waals surface area (Å²) in [4.78, 5) is 25.8. The zero-order chi connectivity index (χ0) is 23.2. The number of amides is 1. The summed E-state index contributed by atoms with van der Waals surface area (Å²) < 4.78 is 5.34. The minimum absolute atomic E-state index is 0.0996. The number of carbonyl (C=O) groups excluding carboxylic acids is 1. The number of hydrogen-bond donors (Lipinski definition) is 1. The van der Waals surface area contributed by atoms with Gasteiger partial charge in [0.15, 0.2) is 0 Å². The number of rotatable bonds is 7. The van der Waals surface area contributed by atoms with Gasteiger partial charge in [-0.1, -0.05) is 35.5 Å². The third kappa shape index (κ3) is 5.89. The molecule has 3 aromatic rings. The van der Waals surface area contributed by atoms with Gasteiger partial charge in [-0.2, -0.15) is 0 Å². The lowest BCUT2D eigenvalue weighted by atomic mass is 10.2. The number of halogens is 1. The Bertz CT molecular complexity index is 1120. The highest BCUT2D eigenvalue weighted by molar-refractivity contribution is 7.99. The maximum Gasteiger partial charge on any atom is 0.234 e. The second kappa shape index (κ2) is 10.8. The number of nitrogens with one attached hydrogen (secondary N) is 1. The Balaban J connectivity index is 1.31. The minimum Gasteiger partial charge on any atom is -0.497 e. The number of carbonyl (C=O) groups is 1. The molecule has 0 unspecified atom stereocenters. The first-order chi connectivity index (χ1) is 16.0. The van der Waals surface area contributed by atoms with Crippen LogP contribution in [0, 0.1) is 6.92 Å². The highest BCUT2D eigenvalue weighted by atomic mass is 35.5. The standard InChI is InChI=1S/C24H26ClN5O2S/c1-17-20(25)7-4-8-21(17)28-23(31)15-33-24-14-22(26-16-27-24)30-11-9-29(10-12-30)18-5-3-6-19(13-18)32-2/h3-8,13-14,16H,9-12,15H2,1-2H3,(H,28,31). The van der Waals surface area contributed by atoms with Gasteiger partial charge in [-0.25, -0.2) is 9.97 Å². The van der Waals surface area contributed by atoms with Crippen molar-refractivity contribution >= 4 is 46.5 Å². The van der Waals surface area contributed by atoms with E-state index in [4.69, 9.17) is 16.3 Å². The molecule has 1 saturated heterocycles. The van der Waals surface area contributed by atoms with Gasteiger partial charge in [0.05, 0.1) is 12.9 Å². The van der Waals surface area contributed by atoms with Gasteiger partial charge in [-0.15, -0.1) is 0 Å². The molecule has 1 aliphatic heterocycles. The molecule has 7 nitrogen and oxygen atoms in total. The zero-order valence-corrected chi connectivity index (χ0v) is 20.2. The van der Waals surface area contributed by atoms with Crippen molar-refractivity contribution in [2.24, 2.45) is 0 Å². The fraction of sp³-hybridized carbons (Fsp3) is 0.292. The number of benzene rings is 2. The second-order valence-corrected chi connectivity index (χ2v) is 9.04. The molecule has 1 amide bonds. The molecule has 0 bridgehead atoms. The van der Waals surface area contributed by atoms with Crippen molar-refractivity contribution in [3.63, 3.8) is 0 Å². The van der Waals surface area contributed by atoms with E-state index in [1.807, 2.05) is 37.3 Å². The summed E-state index contributed by atoms with van der Waals surface area (Å²) in [7, 11) is 1.68. The van der Waals surface area contributed by atoms with Crippen LogP contribution in [-0.2, 0) is 4.79 Å². The van der Waals surface area contributed by atoms with Crippen LogP contribution >= 0.6 is 23.4 Å². The van der Waals surface area contributed by atoms with Crippen molar-refractivity contribution < 1.29 is 9.53 Å². The lowest BCUT2D eigenvalue weighted by Gasteiger charge is -2.36. The normalized spacial score (nSPS) is 13.7.